The van der Waals surface area contributed by atoms with Gasteiger partial charge in [0.1, 0.15) is 11.0 Å². The number of likely N-dealkylation sites (tertiary alicyclic amines) is 1. The summed E-state index contributed by atoms with van der Waals surface area (Å²) in [6, 6.07) is 6.89. The van der Waals surface area contributed by atoms with Gasteiger partial charge in [0.05, 0.1) is 5.92 Å². The Morgan fingerprint density at radius 3 is 2.56 bits per heavy atom. The molecule has 1 unspecified atom stereocenters. The number of carbonyl (C=O) groups excluding carboxylic acids is 1. The van der Waals surface area contributed by atoms with Crippen LogP contribution >= 0.6 is 0 Å². The predicted molar refractivity (Wildman–Crippen MR) is 102 cm³/mol. The van der Waals surface area contributed by atoms with Gasteiger partial charge in [-0.05, 0) is 50.7 Å². The molecular weight excluding hydrogens is 364 g/mol. The third-order valence-corrected chi connectivity index (χ3v) is 7.08. The van der Waals surface area contributed by atoms with E-state index in [2.05, 4.69) is 4.40 Å². The van der Waals surface area contributed by atoms with Crippen LogP contribution in [0.15, 0.2) is 33.6 Å². The first-order valence-electron chi connectivity index (χ1n) is 9.94. The number of rotatable bonds is 2. The molecule has 1 saturated carbocycles. The van der Waals surface area contributed by atoms with Crippen molar-refractivity contribution in [2.45, 2.75) is 62.4 Å². The summed E-state index contributed by atoms with van der Waals surface area (Å²) in [5.74, 6) is 0.110. The molecule has 27 heavy (non-hydrogen) atoms. The summed E-state index contributed by atoms with van der Waals surface area (Å²) >= 11 is 0. The zero-order chi connectivity index (χ0) is 18.9. The number of ether oxygens (including phenoxy) is 1. The van der Waals surface area contributed by atoms with Crippen molar-refractivity contribution in [3.8, 4) is 0 Å². The molecule has 0 N–H and O–H groups in total. The molecule has 1 aromatic rings. The van der Waals surface area contributed by atoms with Crippen LogP contribution in [0.3, 0.4) is 0 Å². The van der Waals surface area contributed by atoms with Gasteiger partial charge in [-0.3, -0.25) is 4.79 Å². The van der Waals surface area contributed by atoms with E-state index in [4.69, 9.17) is 4.74 Å². The lowest BCUT2D eigenvalue weighted by Gasteiger charge is -2.33. The van der Waals surface area contributed by atoms with Gasteiger partial charge in [-0.15, -0.1) is 4.40 Å². The highest BCUT2D eigenvalue weighted by atomic mass is 32.2. The van der Waals surface area contributed by atoms with Gasteiger partial charge in [0.2, 0.25) is 0 Å². The van der Waals surface area contributed by atoms with Crippen molar-refractivity contribution < 1.29 is 17.9 Å². The monoisotopic (exact) mass is 390 g/mol. The average Bonchev–Trinajstić information content (AvgIpc) is 2.82. The lowest BCUT2D eigenvalue weighted by atomic mass is 9.97. The number of hydrogen-bond donors (Lipinski definition) is 0. The third kappa shape index (κ3) is 3.88. The first kappa shape index (κ1) is 18.5. The first-order valence-corrected chi connectivity index (χ1v) is 11.4. The minimum Gasteiger partial charge on any atom is -0.462 e. The molecule has 2 fully saturated rings. The van der Waals surface area contributed by atoms with Crippen molar-refractivity contribution >= 4 is 21.8 Å². The fraction of sp³-hybridized carbons (Fsp3) is 0.600. The first-order chi connectivity index (χ1) is 13.0. The Labute approximate surface area is 160 Å². The molecule has 0 amide bonds. The maximum absolute atomic E-state index is 12.7. The molecule has 0 radical (unpaired) electrons. The molecule has 4 rings (SSSR count). The van der Waals surface area contributed by atoms with Crippen LogP contribution in [0.2, 0.25) is 0 Å². The van der Waals surface area contributed by atoms with Crippen LogP contribution in [0.5, 0.6) is 0 Å². The van der Waals surface area contributed by atoms with Crippen LogP contribution in [-0.2, 0) is 19.6 Å². The molecule has 1 aromatic carbocycles. The van der Waals surface area contributed by atoms with Crippen LogP contribution in [0.4, 0.5) is 0 Å². The van der Waals surface area contributed by atoms with Gasteiger partial charge in [0.25, 0.3) is 10.0 Å². The number of esters is 1. The quantitative estimate of drug-likeness (QED) is 0.573. The molecule has 2 heterocycles. The molecule has 3 aliphatic rings. The van der Waals surface area contributed by atoms with Crippen molar-refractivity contribution in [1.29, 1.82) is 0 Å². The Kier molecular flexibility index (Phi) is 5.21. The number of sulfonamides is 1. The fourth-order valence-corrected chi connectivity index (χ4v) is 5.53. The molecule has 6 nitrogen and oxygen atoms in total. The standard InChI is InChI=1S/C20H26N2O4S/c23-20(26-16-9-3-1-2-4-10-16)15-8-7-13-22(14-15)19-17-11-5-6-12-18(17)27(24,25)21-19/h5-6,11-12,15-16H,1-4,7-10,13-14H2. The summed E-state index contributed by atoms with van der Waals surface area (Å²) in [4.78, 5) is 14.9. The van der Waals surface area contributed by atoms with Crippen molar-refractivity contribution in [2.24, 2.45) is 10.3 Å². The topological polar surface area (TPSA) is 76.0 Å². The van der Waals surface area contributed by atoms with Crippen LogP contribution in [-0.4, -0.2) is 44.3 Å². The third-order valence-electron chi connectivity index (χ3n) is 5.75. The predicted octanol–water partition coefficient (Wildman–Crippen LogP) is 3.11. The largest absolute Gasteiger partial charge is 0.462 e. The second-order valence-electron chi connectivity index (χ2n) is 7.72. The Balaban J connectivity index is 1.46. The lowest BCUT2D eigenvalue weighted by Crippen LogP contribution is -2.43. The van der Waals surface area contributed by atoms with E-state index in [0.717, 1.165) is 38.5 Å². The molecule has 0 spiro atoms. The summed E-state index contributed by atoms with van der Waals surface area (Å²) in [7, 11) is -3.64. The SMILES string of the molecule is O=C(OC1CCCCCC1)C1CCCN(C2=NS(=O)(=O)c3ccccc32)C1. The van der Waals surface area contributed by atoms with Gasteiger partial charge in [0.15, 0.2) is 5.84 Å². The molecular formula is C20H26N2O4S. The number of amidine groups is 1. The summed E-state index contributed by atoms with van der Waals surface area (Å²) in [5.41, 5.74) is 0.635. The maximum atomic E-state index is 12.7. The second kappa shape index (κ2) is 7.62. The highest BCUT2D eigenvalue weighted by Crippen LogP contribution is 2.30. The van der Waals surface area contributed by atoms with E-state index >= 15 is 0 Å². The van der Waals surface area contributed by atoms with E-state index in [1.54, 1.807) is 18.2 Å². The average molecular weight is 391 g/mol. The highest BCUT2D eigenvalue weighted by Gasteiger charge is 2.36. The van der Waals surface area contributed by atoms with Crippen LogP contribution in [0.1, 0.15) is 56.9 Å². The van der Waals surface area contributed by atoms with Crippen LogP contribution in [0.25, 0.3) is 0 Å². The molecule has 7 heteroatoms. The van der Waals surface area contributed by atoms with E-state index < -0.39 is 10.0 Å². The summed E-state index contributed by atoms with van der Waals surface area (Å²) in [6.45, 7) is 1.17. The number of nitrogens with zero attached hydrogens (tertiary/aromatic N) is 2. The van der Waals surface area contributed by atoms with Crippen LogP contribution in [0, 0.1) is 5.92 Å². The zero-order valence-corrected chi connectivity index (χ0v) is 16.3. The lowest BCUT2D eigenvalue weighted by molar-refractivity contribution is -0.156. The molecule has 0 aromatic heterocycles. The Morgan fingerprint density at radius 1 is 1.04 bits per heavy atom. The number of piperidine rings is 1. The Bertz CT molecular complexity index is 841. The number of benzene rings is 1. The minimum absolute atomic E-state index is 0.0419. The van der Waals surface area contributed by atoms with Gasteiger partial charge in [-0.1, -0.05) is 25.0 Å². The van der Waals surface area contributed by atoms with Gasteiger partial charge in [-0.2, -0.15) is 8.42 Å². The normalized spacial score (nSPS) is 25.4. The summed E-state index contributed by atoms with van der Waals surface area (Å²) in [5, 5.41) is 0. The van der Waals surface area contributed by atoms with Crippen molar-refractivity contribution in [1.82, 2.24) is 4.90 Å². The van der Waals surface area contributed by atoms with E-state index in [9.17, 15) is 13.2 Å². The number of hydrogen-bond acceptors (Lipinski definition) is 5. The maximum Gasteiger partial charge on any atom is 0.311 e. The van der Waals surface area contributed by atoms with Gasteiger partial charge in [0, 0.05) is 18.7 Å². The van der Waals surface area contributed by atoms with E-state index in [1.807, 2.05) is 11.0 Å². The molecule has 1 aliphatic carbocycles. The second-order valence-corrected chi connectivity index (χ2v) is 9.29. The van der Waals surface area contributed by atoms with Gasteiger partial charge in [-0.25, -0.2) is 0 Å². The summed E-state index contributed by atoms with van der Waals surface area (Å²) < 4.78 is 34.4. The zero-order valence-electron chi connectivity index (χ0n) is 15.5. The smallest absolute Gasteiger partial charge is 0.311 e. The molecule has 0 bridgehead atoms. The van der Waals surface area contributed by atoms with E-state index in [-0.39, 0.29) is 22.9 Å². The molecule has 1 atom stereocenters. The van der Waals surface area contributed by atoms with Gasteiger partial charge < -0.3 is 9.64 Å². The molecule has 2 aliphatic heterocycles. The van der Waals surface area contributed by atoms with Crippen molar-refractivity contribution in [3.63, 3.8) is 0 Å². The van der Waals surface area contributed by atoms with Crippen LogP contribution < -0.4 is 0 Å². The minimum atomic E-state index is -3.64. The Hall–Kier alpha value is -1.89. The van der Waals surface area contributed by atoms with E-state index in [0.29, 0.717) is 24.5 Å². The highest BCUT2D eigenvalue weighted by molar-refractivity contribution is 7.90. The molecule has 1 saturated heterocycles. The Morgan fingerprint density at radius 2 is 1.78 bits per heavy atom. The number of carbonyl (C=O) groups is 1. The fourth-order valence-electron chi connectivity index (χ4n) is 4.30. The van der Waals surface area contributed by atoms with Gasteiger partial charge >= 0.3 is 5.97 Å². The van der Waals surface area contributed by atoms with Crippen molar-refractivity contribution in [2.75, 3.05) is 13.1 Å². The van der Waals surface area contributed by atoms with Crippen molar-refractivity contribution in [3.05, 3.63) is 29.8 Å². The molecule has 146 valence electrons. The van der Waals surface area contributed by atoms with E-state index in [1.165, 1.54) is 12.8 Å². The summed E-state index contributed by atoms with van der Waals surface area (Å²) in [6.07, 6.45) is 8.26. The number of fused-ring (bicyclic) bond motifs is 1.